The number of hydrogen-bond acceptors (Lipinski definition) is 3. The highest BCUT2D eigenvalue weighted by Crippen LogP contribution is 2.39. The van der Waals surface area contributed by atoms with Crippen molar-refractivity contribution in [2.75, 3.05) is 0 Å². The van der Waals surface area contributed by atoms with E-state index in [4.69, 9.17) is 4.74 Å². The molecule has 0 spiro atoms. The highest BCUT2D eigenvalue weighted by Gasteiger charge is 2.39. The Morgan fingerprint density at radius 2 is 1.78 bits per heavy atom. The van der Waals surface area contributed by atoms with Crippen molar-refractivity contribution in [2.45, 2.75) is 38.2 Å². The van der Waals surface area contributed by atoms with E-state index < -0.39 is 5.60 Å². The van der Waals surface area contributed by atoms with Crippen molar-refractivity contribution in [3.63, 3.8) is 0 Å². The number of hydrogen-bond donors (Lipinski definition) is 0. The van der Waals surface area contributed by atoms with E-state index in [0.29, 0.717) is 25.7 Å². The molecule has 0 heterocycles. The third-order valence-corrected chi connectivity index (χ3v) is 3.32. The van der Waals surface area contributed by atoms with Gasteiger partial charge in [0.1, 0.15) is 17.2 Å². The van der Waals surface area contributed by atoms with E-state index in [1.165, 1.54) is 19.1 Å². The number of Topliss-reactive ketones (excluding diaryl/α,β-unsaturated/α-hetero) is 1. The van der Waals surface area contributed by atoms with Crippen LogP contribution in [0.3, 0.4) is 0 Å². The largest absolute Gasteiger partial charge is 0.454 e. The minimum atomic E-state index is -0.770. The molecule has 4 heteroatoms. The SMILES string of the molecule is CC(=O)OC1(c2ccc(F)cc2)CCC(=O)CC1. The van der Waals surface area contributed by atoms with Gasteiger partial charge in [0, 0.05) is 19.8 Å². The molecule has 1 aromatic carbocycles. The maximum atomic E-state index is 12.9. The van der Waals surface area contributed by atoms with E-state index in [1.54, 1.807) is 12.1 Å². The van der Waals surface area contributed by atoms with Crippen LogP contribution in [0.15, 0.2) is 24.3 Å². The van der Waals surface area contributed by atoms with Crippen LogP contribution >= 0.6 is 0 Å². The van der Waals surface area contributed by atoms with E-state index in [-0.39, 0.29) is 17.6 Å². The maximum Gasteiger partial charge on any atom is 0.303 e. The first-order valence-electron chi connectivity index (χ1n) is 5.99. The Morgan fingerprint density at radius 3 is 2.28 bits per heavy atom. The fraction of sp³-hybridized carbons (Fsp3) is 0.429. The highest BCUT2D eigenvalue weighted by molar-refractivity contribution is 5.79. The molecule has 0 N–H and O–H groups in total. The molecule has 0 atom stereocenters. The number of ether oxygens (including phenoxy) is 1. The van der Waals surface area contributed by atoms with E-state index in [2.05, 4.69) is 0 Å². The third-order valence-electron chi connectivity index (χ3n) is 3.32. The molecule has 2 rings (SSSR count). The number of benzene rings is 1. The summed E-state index contributed by atoms with van der Waals surface area (Å²) >= 11 is 0. The second kappa shape index (κ2) is 4.88. The predicted octanol–water partition coefficient (Wildman–Crippen LogP) is 2.73. The summed E-state index contributed by atoms with van der Waals surface area (Å²) in [4.78, 5) is 22.6. The first-order valence-corrected chi connectivity index (χ1v) is 5.99. The molecule has 1 aromatic rings. The molecule has 18 heavy (non-hydrogen) atoms. The van der Waals surface area contributed by atoms with Crippen LogP contribution in [0, 0.1) is 5.82 Å². The van der Waals surface area contributed by atoms with Gasteiger partial charge >= 0.3 is 5.97 Å². The molecule has 96 valence electrons. The zero-order valence-corrected chi connectivity index (χ0v) is 10.2. The zero-order valence-electron chi connectivity index (χ0n) is 10.2. The lowest BCUT2D eigenvalue weighted by atomic mass is 9.79. The maximum absolute atomic E-state index is 12.9. The van der Waals surface area contributed by atoms with Crippen molar-refractivity contribution in [3.8, 4) is 0 Å². The summed E-state index contributed by atoms with van der Waals surface area (Å²) in [7, 11) is 0. The van der Waals surface area contributed by atoms with Crippen LogP contribution < -0.4 is 0 Å². The van der Waals surface area contributed by atoms with Gasteiger partial charge in [-0.25, -0.2) is 4.39 Å². The fourth-order valence-electron chi connectivity index (χ4n) is 2.41. The Kier molecular flexibility index (Phi) is 3.45. The molecule has 0 saturated heterocycles. The Labute approximate surface area is 105 Å². The van der Waals surface area contributed by atoms with Crippen LogP contribution in [-0.4, -0.2) is 11.8 Å². The Hall–Kier alpha value is -1.71. The van der Waals surface area contributed by atoms with Crippen LogP contribution in [0.5, 0.6) is 0 Å². The molecular formula is C14H15FO3. The van der Waals surface area contributed by atoms with E-state index in [1.807, 2.05) is 0 Å². The number of ketones is 1. The Bertz CT molecular complexity index is 454. The lowest BCUT2D eigenvalue weighted by molar-refractivity contribution is -0.164. The van der Waals surface area contributed by atoms with Crippen molar-refractivity contribution in [1.82, 2.24) is 0 Å². The molecule has 1 fully saturated rings. The number of esters is 1. The minimum absolute atomic E-state index is 0.180. The van der Waals surface area contributed by atoms with E-state index in [9.17, 15) is 14.0 Å². The average molecular weight is 250 g/mol. The van der Waals surface area contributed by atoms with Crippen LogP contribution in [0.4, 0.5) is 4.39 Å². The number of carbonyl (C=O) groups excluding carboxylic acids is 2. The van der Waals surface area contributed by atoms with Crippen molar-refractivity contribution >= 4 is 11.8 Å². The second-order valence-corrected chi connectivity index (χ2v) is 4.63. The average Bonchev–Trinajstić information content (AvgIpc) is 2.33. The zero-order chi connectivity index (χ0) is 13.2. The van der Waals surface area contributed by atoms with Crippen LogP contribution in [-0.2, 0) is 19.9 Å². The van der Waals surface area contributed by atoms with Crippen molar-refractivity contribution < 1.29 is 18.7 Å². The van der Waals surface area contributed by atoms with Crippen LogP contribution in [0.2, 0.25) is 0 Å². The van der Waals surface area contributed by atoms with Gasteiger partial charge in [-0.3, -0.25) is 9.59 Å². The second-order valence-electron chi connectivity index (χ2n) is 4.63. The van der Waals surface area contributed by atoms with Crippen molar-refractivity contribution in [1.29, 1.82) is 0 Å². The number of carbonyl (C=O) groups is 2. The van der Waals surface area contributed by atoms with Crippen LogP contribution in [0.1, 0.15) is 38.2 Å². The molecule has 1 aliphatic rings. The summed E-state index contributed by atoms with van der Waals surface area (Å²) in [5.41, 5.74) is -0.0143. The fourth-order valence-corrected chi connectivity index (χ4v) is 2.41. The Morgan fingerprint density at radius 1 is 1.22 bits per heavy atom. The van der Waals surface area contributed by atoms with Gasteiger partial charge in [0.2, 0.25) is 0 Å². The van der Waals surface area contributed by atoms with Gasteiger partial charge in [-0.2, -0.15) is 0 Å². The molecule has 1 saturated carbocycles. The standard InChI is InChI=1S/C14H15FO3/c1-10(16)18-14(8-6-13(17)7-9-14)11-2-4-12(15)5-3-11/h2-5H,6-9H2,1H3. The first-order chi connectivity index (χ1) is 8.52. The summed E-state index contributed by atoms with van der Waals surface area (Å²) in [5.74, 6) is -0.530. The molecule has 0 unspecified atom stereocenters. The minimum Gasteiger partial charge on any atom is -0.454 e. The molecule has 0 amide bonds. The van der Waals surface area contributed by atoms with Gasteiger partial charge in [0.25, 0.3) is 0 Å². The summed E-state index contributed by atoms with van der Waals surface area (Å²) in [5, 5.41) is 0. The first kappa shape index (κ1) is 12.7. The number of halogens is 1. The van der Waals surface area contributed by atoms with Gasteiger partial charge in [0.15, 0.2) is 0 Å². The molecule has 3 nitrogen and oxygen atoms in total. The highest BCUT2D eigenvalue weighted by atomic mass is 19.1. The van der Waals surface area contributed by atoms with Crippen molar-refractivity contribution in [2.24, 2.45) is 0 Å². The third kappa shape index (κ3) is 2.58. The lowest BCUT2D eigenvalue weighted by Gasteiger charge is -2.36. The molecule has 0 bridgehead atoms. The lowest BCUT2D eigenvalue weighted by Crippen LogP contribution is -2.36. The van der Waals surface area contributed by atoms with Gasteiger partial charge in [-0.1, -0.05) is 12.1 Å². The topological polar surface area (TPSA) is 43.4 Å². The molecule has 1 aliphatic carbocycles. The van der Waals surface area contributed by atoms with Gasteiger partial charge in [0.05, 0.1) is 0 Å². The molecule has 0 radical (unpaired) electrons. The summed E-state index contributed by atoms with van der Waals surface area (Å²) in [6.07, 6.45) is 1.73. The van der Waals surface area contributed by atoms with Gasteiger partial charge in [-0.05, 0) is 30.5 Å². The monoisotopic (exact) mass is 250 g/mol. The molecule has 0 aliphatic heterocycles. The normalized spacial score (nSPS) is 18.4. The molecule has 0 aromatic heterocycles. The predicted molar refractivity (Wildman–Crippen MR) is 63.3 cm³/mol. The number of rotatable bonds is 2. The molecular weight excluding hydrogens is 235 g/mol. The quantitative estimate of drug-likeness (QED) is 0.758. The van der Waals surface area contributed by atoms with Crippen molar-refractivity contribution in [3.05, 3.63) is 35.6 Å². The summed E-state index contributed by atoms with van der Waals surface area (Å²) in [6, 6.07) is 5.93. The summed E-state index contributed by atoms with van der Waals surface area (Å²) in [6.45, 7) is 1.35. The summed E-state index contributed by atoms with van der Waals surface area (Å²) < 4.78 is 18.4. The van der Waals surface area contributed by atoms with Gasteiger partial charge in [-0.15, -0.1) is 0 Å². The van der Waals surface area contributed by atoms with E-state index in [0.717, 1.165) is 5.56 Å². The van der Waals surface area contributed by atoms with Crippen LogP contribution in [0.25, 0.3) is 0 Å². The Balaban J connectivity index is 2.32. The van der Waals surface area contributed by atoms with Gasteiger partial charge < -0.3 is 4.74 Å². The van der Waals surface area contributed by atoms with E-state index >= 15 is 0 Å². The smallest absolute Gasteiger partial charge is 0.303 e.